The maximum Gasteiger partial charge on any atom is 0.277 e. The third-order valence-electron chi connectivity index (χ3n) is 3.12. The van der Waals surface area contributed by atoms with Crippen molar-refractivity contribution in [2.75, 3.05) is 13.2 Å². The monoisotopic (exact) mass is 359 g/mol. The van der Waals surface area contributed by atoms with Gasteiger partial charge in [0.2, 0.25) is 0 Å². The van der Waals surface area contributed by atoms with Gasteiger partial charge in [0, 0.05) is 17.7 Å². The number of amides is 1. The minimum absolute atomic E-state index is 0.0992. The van der Waals surface area contributed by atoms with Gasteiger partial charge in [0.15, 0.2) is 18.1 Å². The van der Waals surface area contributed by atoms with Gasteiger partial charge in [0.05, 0.1) is 17.7 Å². The first-order valence-electron chi connectivity index (χ1n) is 7.65. The topological polar surface area (TPSA) is 123 Å². The molecule has 0 spiro atoms. The van der Waals surface area contributed by atoms with E-state index in [4.69, 9.17) is 9.47 Å². The molecule has 136 valence electrons. The van der Waals surface area contributed by atoms with Crippen LogP contribution < -0.4 is 14.9 Å². The summed E-state index contributed by atoms with van der Waals surface area (Å²) >= 11 is 0. The summed E-state index contributed by atoms with van der Waals surface area (Å²) in [5.41, 5.74) is 2.11. The van der Waals surface area contributed by atoms with Gasteiger partial charge in [-0.2, -0.15) is 5.10 Å². The van der Waals surface area contributed by atoms with E-state index in [1.165, 1.54) is 6.07 Å². The Morgan fingerprint density at radius 2 is 1.96 bits per heavy atom. The lowest BCUT2D eigenvalue weighted by Crippen LogP contribution is -2.24. The minimum Gasteiger partial charge on any atom is -0.507 e. The number of nitrogens with zero attached hydrogens (tertiary/aromatic N) is 2. The number of benzene rings is 2. The number of hydrogen-bond donors (Lipinski definition) is 2. The largest absolute Gasteiger partial charge is 0.507 e. The minimum atomic E-state index is -0.598. The van der Waals surface area contributed by atoms with Crippen molar-refractivity contribution < 1.29 is 24.3 Å². The molecule has 9 heteroatoms. The van der Waals surface area contributed by atoms with E-state index in [0.29, 0.717) is 18.1 Å². The van der Waals surface area contributed by atoms with Crippen molar-refractivity contribution in [2.24, 2.45) is 5.10 Å². The summed E-state index contributed by atoms with van der Waals surface area (Å²) in [7, 11) is 0. The van der Waals surface area contributed by atoms with E-state index in [9.17, 15) is 20.0 Å². The van der Waals surface area contributed by atoms with Gasteiger partial charge in [-0.25, -0.2) is 5.43 Å². The second-order valence-corrected chi connectivity index (χ2v) is 4.96. The maximum atomic E-state index is 11.8. The molecule has 0 aliphatic rings. The third-order valence-corrected chi connectivity index (χ3v) is 3.12. The van der Waals surface area contributed by atoms with Crippen LogP contribution in [0.15, 0.2) is 47.6 Å². The fourth-order valence-corrected chi connectivity index (χ4v) is 1.95. The molecule has 0 aliphatic carbocycles. The first-order valence-corrected chi connectivity index (χ1v) is 7.65. The molecule has 0 aliphatic heterocycles. The molecule has 0 saturated carbocycles. The number of nitro benzene ring substituents is 1. The number of hydrogen-bond acceptors (Lipinski definition) is 7. The predicted molar refractivity (Wildman–Crippen MR) is 93.6 cm³/mol. The normalized spacial score (nSPS) is 10.5. The Hall–Kier alpha value is -3.62. The van der Waals surface area contributed by atoms with Crippen LogP contribution in [0.5, 0.6) is 17.2 Å². The molecule has 0 saturated heterocycles. The zero-order chi connectivity index (χ0) is 18.9. The third kappa shape index (κ3) is 5.20. The lowest BCUT2D eigenvalue weighted by atomic mass is 10.2. The molecule has 2 aromatic rings. The number of nitro groups is 1. The number of hydrazone groups is 1. The van der Waals surface area contributed by atoms with Gasteiger partial charge in [-0.15, -0.1) is 0 Å². The first-order chi connectivity index (χ1) is 12.5. The molecule has 2 N–H and O–H groups in total. The van der Waals surface area contributed by atoms with E-state index in [1.54, 1.807) is 24.3 Å². The SMILES string of the molecule is CCOc1ccccc1OCC(=O)NN=Cc1cc([N+](=O)[O-])ccc1O. The lowest BCUT2D eigenvalue weighted by molar-refractivity contribution is -0.384. The molecule has 1 amide bonds. The van der Waals surface area contributed by atoms with Crippen LogP contribution in [0.4, 0.5) is 5.69 Å². The molecule has 26 heavy (non-hydrogen) atoms. The van der Waals surface area contributed by atoms with Gasteiger partial charge in [-0.05, 0) is 25.1 Å². The van der Waals surface area contributed by atoms with E-state index in [-0.39, 0.29) is 23.6 Å². The molecule has 2 rings (SSSR count). The molecule has 0 atom stereocenters. The average Bonchev–Trinajstić information content (AvgIpc) is 2.62. The number of para-hydroxylation sites is 2. The number of aromatic hydroxyl groups is 1. The average molecular weight is 359 g/mol. The molecule has 0 fully saturated rings. The van der Waals surface area contributed by atoms with Crippen molar-refractivity contribution in [1.29, 1.82) is 0 Å². The van der Waals surface area contributed by atoms with Crippen molar-refractivity contribution in [2.45, 2.75) is 6.92 Å². The summed E-state index contributed by atoms with van der Waals surface area (Å²) in [6, 6.07) is 10.4. The fraction of sp³-hybridized carbons (Fsp3) is 0.176. The Bertz CT molecular complexity index is 822. The summed E-state index contributed by atoms with van der Waals surface area (Å²) in [4.78, 5) is 21.9. The molecule has 0 aromatic heterocycles. The summed E-state index contributed by atoms with van der Waals surface area (Å²) in [6.07, 6.45) is 1.11. The summed E-state index contributed by atoms with van der Waals surface area (Å²) in [5.74, 6) is 0.200. The zero-order valence-electron chi connectivity index (χ0n) is 13.9. The van der Waals surface area contributed by atoms with Gasteiger partial charge >= 0.3 is 0 Å². The zero-order valence-corrected chi connectivity index (χ0v) is 13.9. The Morgan fingerprint density at radius 1 is 1.27 bits per heavy atom. The first kappa shape index (κ1) is 18.7. The number of phenolic OH excluding ortho intramolecular Hbond substituents is 1. The highest BCUT2D eigenvalue weighted by Crippen LogP contribution is 2.26. The van der Waals surface area contributed by atoms with Crippen LogP contribution in [0, 0.1) is 10.1 Å². The van der Waals surface area contributed by atoms with Gasteiger partial charge in [0.25, 0.3) is 11.6 Å². The van der Waals surface area contributed by atoms with Crippen LogP contribution in [0.1, 0.15) is 12.5 Å². The van der Waals surface area contributed by atoms with Gasteiger partial charge in [-0.3, -0.25) is 14.9 Å². The number of ether oxygens (including phenoxy) is 2. The maximum absolute atomic E-state index is 11.8. The highest BCUT2D eigenvalue weighted by Gasteiger charge is 2.09. The van der Waals surface area contributed by atoms with Crippen molar-refractivity contribution in [3.63, 3.8) is 0 Å². The number of non-ortho nitro benzene ring substituents is 1. The van der Waals surface area contributed by atoms with E-state index >= 15 is 0 Å². The lowest BCUT2D eigenvalue weighted by Gasteiger charge is -2.10. The molecule has 2 aromatic carbocycles. The summed E-state index contributed by atoms with van der Waals surface area (Å²) in [5, 5.41) is 24.0. The van der Waals surface area contributed by atoms with Crippen molar-refractivity contribution in [1.82, 2.24) is 5.43 Å². The second-order valence-electron chi connectivity index (χ2n) is 4.96. The van der Waals surface area contributed by atoms with Crippen LogP contribution in [-0.4, -0.2) is 35.4 Å². The molecule has 0 radical (unpaired) electrons. The van der Waals surface area contributed by atoms with Crippen LogP contribution in [0.3, 0.4) is 0 Å². The quantitative estimate of drug-likeness (QED) is 0.423. The standard InChI is InChI=1S/C17H17N3O6/c1-2-25-15-5-3-4-6-16(15)26-11-17(22)19-18-10-12-9-13(20(23)24)7-8-14(12)21/h3-10,21H,2,11H2,1H3,(H,19,22). The Labute approximate surface area is 149 Å². The molecule has 9 nitrogen and oxygen atoms in total. The number of carbonyl (C=O) groups excluding carboxylic acids is 1. The number of nitrogens with one attached hydrogen (secondary N) is 1. The summed E-state index contributed by atoms with van der Waals surface area (Å²) < 4.78 is 10.8. The fourth-order valence-electron chi connectivity index (χ4n) is 1.95. The summed E-state index contributed by atoms with van der Waals surface area (Å²) in [6.45, 7) is 1.99. The molecule has 0 unspecified atom stereocenters. The van der Waals surface area contributed by atoms with Gasteiger partial charge in [-0.1, -0.05) is 12.1 Å². The Kier molecular flexibility index (Phi) is 6.49. The van der Waals surface area contributed by atoms with E-state index in [0.717, 1.165) is 18.3 Å². The van der Waals surface area contributed by atoms with Crippen molar-refractivity contribution >= 4 is 17.8 Å². The van der Waals surface area contributed by atoms with Crippen LogP contribution >= 0.6 is 0 Å². The predicted octanol–water partition coefficient (Wildman–Crippen LogP) is 2.23. The van der Waals surface area contributed by atoms with Crippen LogP contribution in [0.25, 0.3) is 0 Å². The van der Waals surface area contributed by atoms with E-state index in [1.807, 2.05) is 6.92 Å². The van der Waals surface area contributed by atoms with Crippen LogP contribution in [-0.2, 0) is 4.79 Å². The highest BCUT2D eigenvalue weighted by molar-refractivity contribution is 5.86. The van der Waals surface area contributed by atoms with Crippen LogP contribution in [0.2, 0.25) is 0 Å². The van der Waals surface area contributed by atoms with Gasteiger partial charge < -0.3 is 14.6 Å². The number of rotatable bonds is 8. The second kappa shape index (κ2) is 9.02. The molecule has 0 bridgehead atoms. The van der Waals surface area contributed by atoms with Crippen molar-refractivity contribution in [3.8, 4) is 17.2 Å². The van der Waals surface area contributed by atoms with Crippen molar-refractivity contribution in [3.05, 3.63) is 58.1 Å². The number of phenols is 1. The molecular weight excluding hydrogens is 342 g/mol. The van der Waals surface area contributed by atoms with E-state index in [2.05, 4.69) is 10.5 Å². The Balaban J connectivity index is 1.92. The molecule has 0 heterocycles. The number of carbonyl (C=O) groups is 1. The van der Waals surface area contributed by atoms with E-state index < -0.39 is 10.8 Å². The van der Waals surface area contributed by atoms with Gasteiger partial charge in [0.1, 0.15) is 5.75 Å². The highest BCUT2D eigenvalue weighted by atomic mass is 16.6. The Morgan fingerprint density at radius 3 is 2.62 bits per heavy atom. The molecular formula is C17H17N3O6. The smallest absolute Gasteiger partial charge is 0.277 e.